The van der Waals surface area contributed by atoms with Gasteiger partial charge in [-0.15, -0.1) is 0 Å². The summed E-state index contributed by atoms with van der Waals surface area (Å²) >= 11 is 0. The number of carbonyl (C=O) groups excluding carboxylic acids is 3. The lowest BCUT2D eigenvalue weighted by Crippen LogP contribution is -2.54. The first-order chi connectivity index (χ1) is 16.5. The van der Waals surface area contributed by atoms with E-state index in [9.17, 15) is 18.8 Å². The maximum atomic E-state index is 13.5. The van der Waals surface area contributed by atoms with Gasteiger partial charge < -0.3 is 14.2 Å². The highest BCUT2D eigenvalue weighted by Crippen LogP contribution is 2.36. The van der Waals surface area contributed by atoms with Gasteiger partial charge in [-0.3, -0.25) is 14.9 Å². The van der Waals surface area contributed by atoms with E-state index in [-0.39, 0.29) is 30.5 Å². The number of nitrogens with zero attached hydrogens (tertiary/aromatic N) is 1. The van der Waals surface area contributed by atoms with Crippen molar-refractivity contribution in [1.29, 1.82) is 0 Å². The van der Waals surface area contributed by atoms with E-state index in [4.69, 9.17) is 14.2 Å². The molecule has 0 atom stereocenters. The molecular weight excluding hydrogens is 443 g/mol. The lowest BCUT2D eigenvalue weighted by molar-refractivity contribution is -0.122. The van der Waals surface area contributed by atoms with Gasteiger partial charge in [0.2, 0.25) is 6.79 Å². The topological polar surface area (TPSA) is 94.2 Å². The van der Waals surface area contributed by atoms with Crippen molar-refractivity contribution < 1.29 is 33.0 Å². The first-order valence-corrected chi connectivity index (χ1v) is 10.3. The standard InChI is InChI=1S/C25H17FN2O6/c26-17-6-3-4-15(10-17)13-32-20-7-2-1-5-16(20)11-19-23(29)27-25(31)28(24(19)30)18-8-9-21-22(12-18)34-14-33-21/h1-12H,13-14H2,(H,27,29,31)/b19-11+. The maximum Gasteiger partial charge on any atom is 0.335 e. The zero-order valence-corrected chi connectivity index (χ0v) is 17.6. The summed E-state index contributed by atoms with van der Waals surface area (Å²) in [5.74, 6) is -0.749. The van der Waals surface area contributed by atoms with Gasteiger partial charge in [-0.2, -0.15) is 0 Å². The van der Waals surface area contributed by atoms with Crippen LogP contribution >= 0.6 is 0 Å². The van der Waals surface area contributed by atoms with Crippen molar-refractivity contribution in [2.24, 2.45) is 0 Å². The minimum absolute atomic E-state index is 0.0367. The number of fused-ring (bicyclic) bond motifs is 1. The van der Waals surface area contributed by atoms with Crippen LogP contribution < -0.4 is 24.4 Å². The Kier molecular flexibility index (Phi) is 5.43. The van der Waals surface area contributed by atoms with Gasteiger partial charge in [-0.05, 0) is 42.0 Å². The van der Waals surface area contributed by atoms with E-state index < -0.39 is 17.8 Å². The van der Waals surface area contributed by atoms with Crippen LogP contribution in [0.5, 0.6) is 17.2 Å². The molecule has 0 spiro atoms. The summed E-state index contributed by atoms with van der Waals surface area (Å²) in [5.41, 5.74) is 1.03. The first-order valence-electron chi connectivity index (χ1n) is 10.3. The number of rotatable bonds is 5. The van der Waals surface area contributed by atoms with Crippen LogP contribution in [0.25, 0.3) is 6.08 Å². The predicted molar refractivity (Wildman–Crippen MR) is 119 cm³/mol. The maximum absolute atomic E-state index is 13.5. The number of carbonyl (C=O) groups is 3. The van der Waals surface area contributed by atoms with E-state index in [0.717, 1.165) is 4.90 Å². The third-order valence-electron chi connectivity index (χ3n) is 5.22. The molecule has 5 rings (SSSR count). The number of amides is 4. The largest absolute Gasteiger partial charge is 0.488 e. The molecule has 9 heteroatoms. The van der Waals surface area contributed by atoms with Gasteiger partial charge in [0.05, 0.1) is 5.69 Å². The Balaban J connectivity index is 1.44. The average molecular weight is 460 g/mol. The second kappa shape index (κ2) is 8.70. The van der Waals surface area contributed by atoms with E-state index in [0.29, 0.717) is 28.4 Å². The van der Waals surface area contributed by atoms with Gasteiger partial charge in [0, 0.05) is 11.6 Å². The number of imide groups is 2. The van der Waals surface area contributed by atoms with Crippen LogP contribution in [0.4, 0.5) is 14.9 Å². The third-order valence-corrected chi connectivity index (χ3v) is 5.22. The molecule has 3 aromatic rings. The van der Waals surface area contributed by atoms with Crippen LogP contribution in [0.15, 0.2) is 72.3 Å². The molecule has 170 valence electrons. The van der Waals surface area contributed by atoms with E-state index in [1.54, 1.807) is 42.5 Å². The Bertz CT molecular complexity index is 1350. The Morgan fingerprint density at radius 3 is 2.65 bits per heavy atom. The van der Waals surface area contributed by atoms with Crippen LogP contribution in [-0.2, 0) is 16.2 Å². The molecule has 34 heavy (non-hydrogen) atoms. The molecule has 0 unspecified atom stereocenters. The number of hydrogen-bond acceptors (Lipinski definition) is 6. The Hall–Kier alpha value is -4.66. The van der Waals surface area contributed by atoms with E-state index in [1.807, 2.05) is 0 Å². The van der Waals surface area contributed by atoms with Crippen LogP contribution in [0, 0.1) is 5.82 Å². The molecule has 0 bridgehead atoms. The average Bonchev–Trinajstić information content (AvgIpc) is 3.29. The number of anilines is 1. The van der Waals surface area contributed by atoms with Crippen molar-refractivity contribution in [1.82, 2.24) is 5.32 Å². The smallest absolute Gasteiger partial charge is 0.335 e. The molecule has 1 N–H and O–H groups in total. The number of barbiturate groups is 1. The van der Waals surface area contributed by atoms with Gasteiger partial charge in [0.15, 0.2) is 11.5 Å². The SMILES string of the molecule is O=C1NC(=O)N(c2ccc3c(c2)OCO3)C(=O)/C1=C/c1ccccc1OCc1cccc(F)c1. The lowest BCUT2D eigenvalue weighted by atomic mass is 10.1. The van der Waals surface area contributed by atoms with Crippen LogP contribution in [0.2, 0.25) is 0 Å². The minimum atomic E-state index is -0.873. The molecule has 0 aliphatic carbocycles. The van der Waals surface area contributed by atoms with Crippen LogP contribution in [0.3, 0.4) is 0 Å². The summed E-state index contributed by atoms with van der Waals surface area (Å²) in [4.78, 5) is 39.1. The number of nitrogens with one attached hydrogen (secondary N) is 1. The second-order valence-corrected chi connectivity index (χ2v) is 7.45. The third kappa shape index (κ3) is 4.06. The molecule has 2 aliphatic heterocycles. The summed E-state index contributed by atoms with van der Waals surface area (Å²) in [5, 5.41) is 2.18. The Morgan fingerprint density at radius 1 is 0.971 bits per heavy atom. The first kappa shape index (κ1) is 21.2. The molecule has 0 aromatic heterocycles. The highest BCUT2D eigenvalue weighted by atomic mass is 19.1. The number of halogens is 1. The van der Waals surface area contributed by atoms with Crippen molar-refractivity contribution in [3.05, 3.63) is 89.2 Å². The normalized spacial score (nSPS) is 16.1. The van der Waals surface area contributed by atoms with Gasteiger partial charge in [0.1, 0.15) is 23.7 Å². The zero-order valence-electron chi connectivity index (χ0n) is 17.6. The minimum Gasteiger partial charge on any atom is -0.488 e. The fraction of sp³-hybridized carbons (Fsp3) is 0.0800. The van der Waals surface area contributed by atoms with Gasteiger partial charge in [-0.1, -0.05) is 30.3 Å². The summed E-state index contributed by atoms with van der Waals surface area (Å²) < 4.78 is 29.8. The molecule has 1 saturated heterocycles. The van der Waals surface area contributed by atoms with E-state index >= 15 is 0 Å². The highest BCUT2D eigenvalue weighted by Gasteiger charge is 2.37. The number of benzene rings is 3. The fourth-order valence-electron chi connectivity index (χ4n) is 3.59. The molecular formula is C25H17FN2O6. The number of urea groups is 1. The molecule has 0 saturated carbocycles. The van der Waals surface area contributed by atoms with Gasteiger partial charge in [-0.25, -0.2) is 14.1 Å². The molecule has 2 heterocycles. The number of para-hydroxylation sites is 1. The fourth-order valence-corrected chi connectivity index (χ4v) is 3.59. The summed E-state index contributed by atoms with van der Waals surface area (Å²) in [6.45, 7) is 0.120. The molecule has 3 aromatic carbocycles. The summed E-state index contributed by atoms with van der Waals surface area (Å²) in [6.07, 6.45) is 1.35. The Labute approximate surface area is 193 Å². The molecule has 1 fully saturated rings. The number of ether oxygens (including phenoxy) is 3. The summed E-state index contributed by atoms with van der Waals surface area (Å²) in [7, 11) is 0. The van der Waals surface area contributed by atoms with Crippen molar-refractivity contribution in [3.63, 3.8) is 0 Å². The van der Waals surface area contributed by atoms with Crippen LogP contribution in [-0.4, -0.2) is 24.6 Å². The molecule has 4 amide bonds. The molecule has 8 nitrogen and oxygen atoms in total. The molecule has 2 aliphatic rings. The van der Waals surface area contributed by atoms with E-state index in [2.05, 4.69) is 5.32 Å². The van der Waals surface area contributed by atoms with E-state index in [1.165, 1.54) is 30.3 Å². The zero-order chi connectivity index (χ0) is 23.7. The van der Waals surface area contributed by atoms with Crippen molar-refractivity contribution in [3.8, 4) is 17.2 Å². The predicted octanol–water partition coefficient (Wildman–Crippen LogP) is 3.80. The Morgan fingerprint density at radius 2 is 1.79 bits per heavy atom. The quantitative estimate of drug-likeness (QED) is 0.460. The lowest BCUT2D eigenvalue weighted by Gasteiger charge is -2.26. The van der Waals surface area contributed by atoms with Gasteiger partial charge in [0.25, 0.3) is 11.8 Å². The van der Waals surface area contributed by atoms with Crippen molar-refractivity contribution in [2.75, 3.05) is 11.7 Å². The monoisotopic (exact) mass is 460 g/mol. The van der Waals surface area contributed by atoms with Gasteiger partial charge >= 0.3 is 6.03 Å². The van der Waals surface area contributed by atoms with Crippen LogP contribution in [0.1, 0.15) is 11.1 Å². The molecule has 0 radical (unpaired) electrons. The van der Waals surface area contributed by atoms with Crippen molar-refractivity contribution in [2.45, 2.75) is 6.61 Å². The highest BCUT2D eigenvalue weighted by molar-refractivity contribution is 6.39. The van der Waals surface area contributed by atoms with Crippen molar-refractivity contribution >= 4 is 29.6 Å². The second-order valence-electron chi connectivity index (χ2n) is 7.45. The number of hydrogen-bond donors (Lipinski definition) is 1. The summed E-state index contributed by atoms with van der Waals surface area (Å²) in [6, 6.07) is 16.5.